The van der Waals surface area contributed by atoms with Crippen molar-refractivity contribution in [2.75, 3.05) is 26.4 Å². The standard InChI is InChI=1S/C16H26O2.C16H18O2/c2*17-12-5-1-3-8-15-10-7-11-16(14-15)9-4-2-6-13-18/h7,10-11,14,17-18H,1-6,8-9,12-13H2;7,10-11,14,17-18H,1-2,5-6,12-13H2. The van der Waals surface area contributed by atoms with Crippen LogP contribution in [0.2, 0.25) is 0 Å². The number of hydrogen-bond donors (Lipinski definition) is 4. The molecule has 0 radical (unpaired) electrons. The van der Waals surface area contributed by atoms with E-state index in [1.54, 1.807) is 0 Å². The molecule has 0 aliphatic rings. The summed E-state index contributed by atoms with van der Waals surface area (Å²) >= 11 is 0. The first kappa shape index (κ1) is 31.4. The van der Waals surface area contributed by atoms with Crippen LogP contribution in [0, 0.1) is 23.7 Å². The van der Waals surface area contributed by atoms with E-state index in [2.05, 4.69) is 47.9 Å². The molecule has 0 atom stereocenters. The van der Waals surface area contributed by atoms with Gasteiger partial charge in [0, 0.05) is 50.4 Å². The van der Waals surface area contributed by atoms with Crippen molar-refractivity contribution in [2.24, 2.45) is 0 Å². The summed E-state index contributed by atoms with van der Waals surface area (Å²) in [6, 6.07) is 16.6. The van der Waals surface area contributed by atoms with Crippen LogP contribution in [0.4, 0.5) is 0 Å². The zero-order valence-electron chi connectivity index (χ0n) is 21.7. The maximum atomic E-state index is 8.73. The molecule has 4 nitrogen and oxygen atoms in total. The third-order valence-electron chi connectivity index (χ3n) is 5.49. The predicted octanol–water partition coefficient (Wildman–Crippen LogP) is 5.03. The van der Waals surface area contributed by atoms with E-state index in [0.717, 1.165) is 62.5 Å². The number of benzene rings is 2. The summed E-state index contributed by atoms with van der Waals surface area (Å²) in [7, 11) is 0. The Balaban J connectivity index is 0.000000360. The van der Waals surface area contributed by atoms with Gasteiger partial charge in [-0.1, -0.05) is 66.9 Å². The Labute approximate surface area is 218 Å². The highest BCUT2D eigenvalue weighted by Crippen LogP contribution is 2.12. The Morgan fingerprint density at radius 3 is 1.36 bits per heavy atom. The molecule has 0 unspecified atom stereocenters. The fourth-order valence-corrected chi connectivity index (χ4v) is 3.51. The Morgan fingerprint density at radius 1 is 0.472 bits per heavy atom. The van der Waals surface area contributed by atoms with Gasteiger partial charge in [0.2, 0.25) is 0 Å². The lowest BCUT2D eigenvalue weighted by Gasteiger charge is -2.05. The molecule has 0 heterocycles. The highest BCUT2D eigenvalue weighted by molar-refractivity contribution is 5.43. The minimum Gasteiger partial charge on any atom is -0.396 e. The van der Waals surface area contributed by atoms with Crippen LogP contribution in [0.3, 0.4) is 0 Å². The number of hydrogen-bond acceptors (Lipinski definition) is 4. The van der Waals surface area contributed by atoms with Crippen molar-refractivity contribution < 1.29 is 20.4 Å². The second kappa shape index (κ2) is 22.8. The zero-order chi connectivity index (χ0) is 26.1. The van der Waals surface area contributed by atoms with Crippen LogP contribution in [0.1, 0.15) is 86.5 Å². The van der Waals surface area contributed by atoms with E-state index >= 15 is 0 Å². The van der Waals surface area contributed by atoms with Gasteiger partial charge in [0.25, 0.3) is 0 Å². The van der Waals surface area contributed by atoms with E-state index in [-0.39, 0.29) is 13.2 Å². The summed E-state index contributed by atoms with van der Waals surface area (Å²) < 4.78 is 0. The van der Waals surface area contributed by atoms with Crippen molar-refractivity contribution in [3.05, 3.63) is 70.8 Å². The molecule has 4 heteroatoms. The first-order valence-electron chi connectivity index (χ1n) is 13.3. The molecule has 196 valence electrons. The van der Waals surface area contributed by atoms with Gasteiger partial charge in [-0.15, -0.1) is 0 Å². The van der Waals surface area contributed by atoms with Gasteiger partial charge >= 0.3 is 0 Å². The smallest absolute Gasteiger partial charge is 0.0440 e. The summed E-state index contributed by atoms with van der Waals surface area (Å²) in [5.74, 6) is 12.1. The molecular formula is C32H44O4. The fourth-order valence-electron chi connectivity index (χ4n) is 3.51. The second-order valence-electron chi connectivity index (χ2n) is 8.73. The molecule has 2 aromatic rings. The highest BCUT2D eigenvalue weighted by Gasteiger charge is 1.98. The zero-order valence-corrected chi connectivity index (χ0v) is 21.7. The number of rotatable bonds is 14. The van der Waals surface area contributed by atoms with Crippen LogP contribution in [0.25, 0.3) is 0 Å². The molecule has 2 rings (SSSR count). The lowest BCUT2D eigenvalue weighted by Crippen LogP contribution is -1.92. The first-order valence-corrected chi connectivity index (χ1v) is 13.3. The SMILES string of the molecule is OCCCC#Cc1cccc(C#CCCCO)c1.OCCCCCc1cccc(CCCCCO)c1. The van der Waals surface area contributed by atoms with Crippen LogP contribution in [0.5, 0.6) is 0 Å². The molecule has 2 aromatic carbocycles. The highest BCUT2D eigenvalue weighted by atomic mass is 16.3. The van der Waals surface area contributed by atoms with Crippen molar-refractivity contribution in [2.45, 2.75) is 77.0 Å². The summed E-state index contributed by atoms with van der Waals surface area (Å²) in [6.45, 7) is 0.992. The molecule has 0 saturated carbocycles. The van der Waals surface area contributed by atoms with E-state index in [1.165, 1.54) is 11.1 Å². The van der Waals surface area contributed by atoms with Crippen molar-refractivity contribution in [1.29, 1.82) is 0 Å². The lowest BCUT2D eigenvalue weighted by atomic mass is 10.0. The fraction of sp³-hybridized carbons (Fsp3) is 0.500. The summed E-state index contributed by atoms with van der Waals surface area (Å²) in [5.41, 5.74) is 4.71. The number of aliphatic hydroxyl groups is 4. The topological polar surface area (TPSA) is 80.9 Å². The molecule has 0 aliphatic heterocycles. The average molecular weight is 493 g/mol. The maximum absolute atomic E-state index is 8.73. The third-order valence-corrected chi connectivity index (χ3v) is 5.49. The Hall–Kier alpha value is -2.60. The van der Waals surface area contributed by atoms with Crippen LogP contribution >= 0.6 is 0 Å². The Kier molecular flexibility index (Phi) is 19.9. The predicted molar refractivity (Wildman–Crippen MR) is 149 cm³/mol. The summed E-state index contributed by atoms with van der Waals surface area (Å²) in [4.78, 5) is 0. The molecule has 0 aliphatic carbocycles. The van der Waals surface area contributed by atoms with Crippen molar-refractivity contribution in [3.63, 3.8) is 0 Å². The van der Waals surface area contributed by atoms with E-state index in [9.17, 15) is 0 Å². The normalized spacial score (nSPS) is 9.89. The first-order chi connectivity index (χ1) is 17.7. The molecule has 0 amide bonds. The maximum Gasteiger partial charge on any atom is 0.0440 e. The van der Waals surface area contributed by atoms with Crippen LogP contribution < -0.4 is 0 Å². The molecule has 4 N–H and O–H groups in total. The molecule has 36 heavy (non-hydrogen) atoms. The Morgan fingerprint density at radius 2 is 0.917 bits per heavy atom. The summed E-state index contributed by atoms with van der Waals surface area (Å²) in [6.07, 6.45) is 11.5. The van der Waals surface area contributed by atoms with E-state index in [4.69, 9.17) is 20.4 Å². The van der Waals surface area contributed by atoms with Gasteiger partial charge in [0.1, 0.15) is 0 Å². The number of aliphatic hydroxyl groups excluding tert-OH is 4. The van der Waals surface area contributed by atoms with E-state index in [1.807, 2.05) is 24.3 Å². The molecule has 0 aromatic heterocycles. The van der Waals surface area contributed by atoms with Gasteiger partial charge < -0.3 is 20.4 Å². The van der Waals surface area contributed by atoms with Gasteiger partial charge in [0.15, 0.2) is 0 Å². The van der Waals surface area contributed by atoms with Crippen LogP contribution in [-0.4, -0.2) is 46.9 Å². The monoisotopic (exact) mass is 492 g/mol. The van der Waals surface area contributed by atoms with Crippen molar-refractivity contribution in [1.82, 2.24) is 0 Å². The van der Waals surface area contributed by atoms with E-state index in [0.29, 0.717) is 38.9 Å². The minimum absolute atomic E-state index is 0.186. The van der Waals surface area contributed by atoms with Gasteiger partial charge in [0.05, 0.1) is 0 Å². The largest absolute Gasteiger partial charge is 0.396 e. The molecule has 0 fully saturated rings. The van der Waals surface area contributed by atoms with Gasteiger partial charge in [-0.3, -0.25) is 0 Å². The third kappa shape index (κ3) is 16.9. The quantitative estimate of drug-likeness (QED) is 0.220. The van der Waals surface area contributed by atoms with Crippen molar-refractivity contribution in [3.8, 4) is 23.7 Å². The molecule has 0 bridgehead atoms. The minimum atomic E-state index is 0.186. The second-order valence-corrected chi connectivity index (χ2v) is 8.73. The Bertz CT molecular complexity index is 862. The van der Waals surface area contributed by atoms with Gasteiger partial charge in [-0.25, -0.2) is 0 Å². The van der Waals surface area contributed by atoms with Crippen molar-refractivity contribution >= 4 is 0 Å². The summed E-state index contributed by atoms with van der Waals surface area (Å²) in [5, 5.41) is 34.8. The van der Waals surface area contributed by atoms with E-state index < -0.39 is 0 Å². The van der Waals surface area contributed by atoms with Crippen LogP contribution in [-0.2, 0) is 12.8 Å². The van der Waals surface area contributed by atoms with Crippen LogP contribution in [0.15, 0.2) is 48.5 Å². The lowest BCUT2D eigenvalue weighted by molar-refractivity contribution is 0.283. The number of unbranched alkanes of at least 4 members (excludes halogenated alkanes) is 6. The molecular weight excluding hydrogens is 448 g/mol. The molecule has 0 spiro atoms. The number of aryl methyl sites for hydroxylation is 2. The van der Waals surface area contributed by atoms with Gasteiger partial charge in [-0.2, -0.15) is 0 Å². The molecule has 0 saturated heterocycles. The van der Waals surface area contributed by atoms with Gasteiger partial charge in [-0.05, 0) is 80.7 Å². The average Bonchev–Trinajstić information content (AvgIpc) is 2.91.